The summed E-state index contributed by atoms with van der Waals surface area (Å²) in [4.78, 5) is 4.33. The van der Waals surface area contributed by atoms with Gasteiger partial charge < -0.3 is 15.2 Å². The van der Waals surface area contributed by atoms with E-state index in [1.165, 1.54) is 7.11 Å². The van der Waals surface area contributed by atoms with Crippen LogP contribution in [0.15, 0.2) is 42.5 Å². The standard InChI is InChI=1S/C15H13ClN4O2/c1-22-13-6-5-9(7-12(13)21)14-18-15(20-19-14)17-11-4-2-3-10(16)8-11/h2-8,21H,1H3,(H2,17,18,19,20). The Morgan fingerprint density at radius 1 is 1.23 bits per heavy atom. The topological polar surface area (TPSA) is 83.1 Å². The maximum absolute atomic E-state index is 9.81. The number of H-pyrrole nitrogens is 1. The van der Waals surface area contributed by atoms with E-state index < -0.39 is 0 Å². The smallest absolute Gasteiger partial charge is 0.246 e. The average molecular weight is 317 g/mol. The average Bonchev–Trinajstić information content (AvgIpc) is 2.95. The molecule has 0 spiro atoms. The predicted molar refractivity (Wildman–Crippen MR) is 84.8 cm³/mol. The van der Waals surface area contributed by atoms with E-state index in [1.54, 1.807) is 30.3 Å². The van der Waals surface area contributed by atoms with E-state index in [2.05, 4.69) is 20.5 Å². The van der Waals surface area contributed by atoms with Crippen molar-refractivity contribution in [3.8, 4) is 22.9 Å². The summed E-state index contributed by atoms with van der Waals surface area (Å²) in [5, 5.41) is 20.4. The summed E-state index contributed by atoms with van der Waals surface area (Å²) < 4.78 is 5.01. The number of nitrogens with one attached hydrogen (secondary N) is 2. The SMILES string of the molecule is COc1ccc(-c2nc(Nc3cccc(Cl)c3)n[nH]2)cc1O. The Morgan fingerprint density at radius 2 is 2.09 bits per heavy atom. The molecular weight excluding hydrogens is 304 g/mol. The van der Waals surface area contributed by atoms with E-state index in [4.69, 9.17) is 16.3 Å². The van der Waals surface area contributed by atoms with Crippen molar-refractivity contribution >= 4 is 23.2 Å². The Balaban J connectivity index is 1.83. The van der Waals surface area contributed by atoms with Crippen LogP contribution in [-0.2, 0) is 0 Å². The lowest BCUT2D eigenvalue weighted by Crippen LogP contribution is -1.92. The van der Waals surface area contributed by atoms with E-state index >= 15 is 0 Å². The van der Waals surface area contributed by atoms with Gasteiger partial charge in [0.1, 0.15) is 0 Å². The van der Waals surface area contributed by atoms with Crippen LogP contribution in [0.4, 0.5) is 11.6 Å². The largest absolute Gasteiger partial charge is 0.504 e. The molecule has 3 N–H and O–H groups in total. The lowest BCUT2D eigenvalue weighted by Gasteiger charge is -2.04. The van der Waals surface area contributed by atoms with Crippen LogP contribution in [0.1, 0.15) is 0 Å². The Bertz CT molecular complexity index is 804. The third kappa shape index (κ3) is 2.96. The highest BCUT2D eigenvalue weighted by Gasteiger charge is 2.09. The summed E-state index contributed by atoms with van der Waals surface area (Å²) in [6.07, 6.45) is 0. The minimum Gasteiger partial charge on any atom is -0.504 e. The Hall–Kier alpha value is -2.73. The van der Waals surface area contributed by atoms with Crippen molar-refractivity contribution in [1.29, 1.82) is 0 Å². The summed E-state index contributed by atoms with van der Waals surface area (Å²) in [6.45, 7) is 0. The molecule has 1 heterocycles. The van der Waals surface area contributed by atoms with Gasteiger partial charge in [-0.2, -0.15) is 4.98 Å². The van der Waals surface area contributed by atoms with Crippen LogP contribution in [0.5, 0.6) is 11.5 Å². The number of aromatic hydroxyl groups is 1. The van der Waals surface area contributed by atoms with Crippen LogP contribution in [0.2, 0.25) is 5.02 Å². The number of phenols is 1. The van der Waals surface area contributed by atoms with Crippen LogP contribution in [0.3, 0.4) is 0 Å². The molecule has 1 aromatic heterocycles. The molecule has 3 aromatic rings. The first-order valence-corrected chi connectivity index (χ1v) is 6.86. The van der Waals surface area contributed by atoms with Gasteiger partial charge in [0.2, 0.25) is 5.95 Å². The zero-order valence-electron chi connectivity index (χ0n) is 11.7. The number of nitrogens with zero attached hydrogens (tertiary/aromatic N) is 2. The molecule has 3 rings (SSSR count). The number of methoxy groups -OCH3 is 1. The molecule has 0 aliphatic heterocycles. The van der Waals surface area contributed by atoms with E-state index in [0.29, 0.717) is 28.1 Å². The Kier molecular flexibility index (Phi) is 3.84. The molecule has 0 radical (unpaired) electrons. The normalized spacial score (nSPS) is 10.5. The summed E-state index contributed by atoms with van der Waals surface area (Å²) >= 11 is 5.93. The van der Waals surface area contributed by atoms with Crippen molar-refractivity contribution in [2.45, 2.75) is 0 Å². The van der Waals surface area contributed by atoms with E-state index in [9.17, 15) is 5.11 Å². The third-order valence-corrected chi connectivity index (χ3v) is 3.25. The van der Waals surface area contributed by atoms with Gasteiger partial charge in [-0.15, -0.1) is 5.10 Å². The summed E-state index contributed by atoms with van der Waals surface area (Å²) in [7, 11) is 1.50. The molecule has 0 saturated heterocycles. The first-order chi connectivity index (χ1) is 10.7. The van der Waals surface area contributed by atoms with E-state index in [0.717, 1.165) is 5.69 Å². The maximum atomic E-state index is 9.81. The minimum absolute atomic E-state index is 0.0424. The highest BCUT2D eigenvalue weighted by molar-refractivity contribution is 6.30. The molecule has 0 amide bonds. The molecule has 0 atom stereocenters. The fourth-order valence-corrected chi connectivity index (χ4v) is 2.17. The van der Waals surface area contributed by atoms with E-state index in [1.807, 2.05) is 12.1 Å². The third-order valence-electron chi connectivity index (χ3n) is 3.02. The van der Waals surface area contributed by atoms with Gasteiger partial charge in [-0.3, -0.25) is 5.10 Å². The molecule has 6 nitrogen and oxygen atoms in total. The van der Waals surface area contributed by atoms with Crippen molar-refractivity contribution in [1.82, 2.24) is 15.2 Å². The van der Waals surface area contributed by atoms with Crippen LogP contribution < -0.4 is 10.1 Å². The number of anilines is 2. The number of hydrogen-bond acceptors (Lipinski definition) is 5. The maximum Gasteiger partial charge on any atom is 0.246 e. The molecule has 0 fully saturated rings. The number of phenolic OH excluding ortho intramolecular Hbond substituents is 1. The first-order valence-electron chi connectivity index (χ1n) is 6.48. The molecule has 112 valence electrons. The molecule has 2 aromatic carbocycles. The van der Waals surface area contributed by atoms with Gasteiger partial charge in [-0.1, -0.05) is 17.7 Å². The fraction of sp³-hybridized carbons (Fsp3) is 0.0667. The van der Waals surface area contributed by atoms with Gasteiger partial charge >= 0.3 is 0 Å². The van der Waals surface area contributed by atoms with Gasteiger partial charge in [0.25, 0.3) is 0 Å². The number of aromatic nitrogens is 3. The van der Waals surface area contributed by atoms with Crippen molar-refractivity contribution in [2.75, 3.05) is 12.4 Å². The molecule has 0 unspecified atom stereocenters. The van der Waals surface area contributed by atoms with Gasteiger partial charge in [0.15, 0.2) is 17.3 Å². The van der Waals surface area contributed by atoms with Crippen LogP contribution in [-0.4, -0.2) is 27.4 Å². The zero-order valence-corrected chi connectivity index (χ0v) is 12.4. The second-order valence-electron chi connectivity index (χ2n) is 4.53. The fourth-order valence-electron chi connectivity index (χ4n) is 1.98. The number of halogens is 1. The Labute approximate surface area is 131 Å². The monoisotopic (exact) mass is 316 g/mol. The van der Waals surface area contributed by atoms with Crippen LogP contribution in [0, 0.1) is 0 Å². The molecule has 0 bridgehead atoms. The number of aromatic amines is 1. The van der Waals surface area contributed by atoms with Crippen LogP contribution >= 0.6 is 11.6 Å². The molecule has 0 aliphatic rings. The number of ether oxygens (including phenoxy) is 1. The highest BCUT2D eigenvalue weighted by Crippen LogP contribution is 2.30. The quantitative estimate of drug-likeness (QED) is 0.685. The number of hydrogen-bond donors (Lipinski definition) is 3. The summed E-state index contributed by atoms with van der Waals surface area (Å²) in [5.74, 6) is 1.39. The second kappa shape index (κ2) is 5.95. The van der Waals surface area contributed by atoms with E-state index in [-0.39, 0.29) is 5.75 Å². The lowest BCUT2D eigenvalue weighted by atomic mass is 10.2. The molecule has 0 saturated carbocycles. The summed E-state index contributed by atoms with van der Waals surface area (Å²) in [6, 6.07) is 12.3. The molecule has 7 heteroatoms. The van der Waals surface area contributed by atoms with Gasteiger partial charge in [-0.05, 0) is 36.4 Å². The van der Waals surface area contributed by atoms with Crippen molar-refractivity contribution < 1.29 is 9.84 Å². The van der Waals surface area contributed by atoms with Gasteiger partial charge in [0.05, 0.1) is 7.11 Å². The van der Waals surface area contributed by atoms with Gasteiger partial charge in [0, 0.05) is 16.3 Å². The number of rotatable bonds is 4. The van der Waals surface area contributed by atoms with Crippen molar-refractivity contribution in [3.05, 3.63) is 47.5 Å². The van der Waals surface area contributed by atoms with Gasteiger partial charge in [-0.25, -0.2) is 0 Å². The first kappa shape index (κ1) is 14.2. The van der Waals surface area contributed by atoms with Crippen molar-refractivity contribution in [2.24, 2.45) is 0 Å². The summed E-state index contributed by atoms with van der Waals surface area (Å²) in [5.41, 5.74) is 1.49. The van der Waals surface area contributed by atoms with Crippen molar-refractivity contribution in [3.63, 3.8) is 0 Å². The molecular formula is C15H13ClN4O2. The number of benzene rings is 2. The second-order valence-corrected chi connectivity index (χ2v) is 4.97. The predicted octanol–water partition coefficient (Wildman–Crippen LogP) is 3.58. The minimum atomic E-state index is 0.0424. The zero-order chi connectivity index (χ0) is 15.5. The Morgan fingerprint density at radius 3 is 2.82 bits per heavy atom. The highest BCUT2D eigenvalue weighted by atomic mass is 35.5. The van der Waals surface area contributed by atoms with Crippen LogP contribution in [0.25, 0.3) is 11.4 Å². The molecule has 0 aliphatic carbocycles. The lowest BCUT2D eigenvalue weighted by molar-refractivity contribution is 0.373. The molecule has 22 heavy (non-hydrogen) atoms.